The third kappa shape index (κ3) is 3.61. The number of benzene rings is 1. The number of alkyl halides is 3. The van der Waals surface area contributed by atoms with Gasteiger partial charge in [0.05, 0.1) is 16.6 Å². The van der Waals surface area contributed by atoms with Crippen molar-refractivity contribution in [3.05, 3.63) is 63.3 Å². The van der Waals surface area contributed by atoms with Gasteiger partial charge in [0.1, 0.15) is 23.4 Å². The molecule has 0 N–H and O–H groups in total. The minimum absolute atomic E-state index is 0.0144. The van der Waals surface area contributed by atoms with Gasteiger partial charge in [-0.1, -0.05) is 30.7 Å². The number of hydrogen-bond acceptors (Lipinski definition) is 4. The van der Waals surface area contributed by atoms with Crippen molar-refractivity contribution in [3.63, 3.8) is 0 Å². The predicted molar refractivity (Wildman–Crippen MR) is 115 cm³/mol. The number of aryl methyl sites for hydroxylation is 1. The first-order valence-electron chi connectivity index (χ1n) is 10.0. The molecule has 0 bridgehead atoms. The van der Waals surface area contributed by atoms with E-state index in [1.807, 2.05) is 13.0 Å². The first-order valence-corrected chi connectivity index (χ1v) is 11.3. The topological polar surface area (TPSA) is 43.6 Å². The van der Waals surface area contributed by atoms with Crippen molar-refractivity contribution >= 4 is 34.1 Å². The minimum Gasteiger partial charge on any atom is -0.304 e. The molecule has 4 aromatic rings. The van der Waals surface area contributed by atoms with E-state index in [-0.39, 0.29) is 11.1 Å². The highest BCUT2D eigenvalue weighted by Gasteiger charge is 2.37. The lowest BCUT2D eigenvalue weighted by Gasteiger charge is -2.19. The molecule has 1 aliphatic carbocycles. The molecule has 5 rings (SSSR count). The Labute approximate surface area is 185 Å². The number of aromatic nitrogens is 4. The second-order valence-corrected chi connectivity index (χ2v) is 9.02. The quantitative estimate of drug-likeness (QED) is 0.328. The number of halogens is 4. The molecule has 0 radical (unpaired) electrons. The molecule has 1 fully saturated rings. The van der Waals surface area contributed by atoms with Crippen LogP contribution in [0.1, 0.15) is 42.1 Å². The van der Waals surface area contributed by atoms with Crippen molar-refractivity contribution in [3.8, 4) is 11.3 Å². The smallest absolute Gasteiger partial charge is 0.304 e. The lowest BCUT2D eigenvalue weighted by atomic mass is 10.1. The average molecular weight is 463 g/mol. The van der Waals surface area contributed by atoms with Crippen LogP contribution in [0.3, 0.4) is 0 Å². The summed E-state index contributed by atoms with van der Waals surface area (Å²) in [4.78, 5) is 15.0. The van der Waals surface area contributed by atoms with Gasteiger partial charge in [-0.25, -0.2) is 15.0 Å². The van der Waals surface area contributed by atoms with Gasteiger partial charge in [-0.15, -0.1) is 11.3 Å². The number of nitrogens with zero attached hydrogens (tertiary/aromatic N) is 4. The van der Waals surface area contributed by atoms with Gasteiger partial charge >= 0.3 is 6.18 Å². The molecule has 1 aromatic carbocycles. The summed E-state index contributed by atoms with van der Waals surface area (Å²) < 4.78 is 41.4. The zero-order valence-electron chi connectivity index (χ0n) is 16.5. The molecule has 31 heavy (non-hydrogen) atoms. The maximum atomic E-state index is 13.1. The van der Waals surface area contributed by atoms with E-state index in [2.05, 4.69) is 26.0 Å². The van der Waals surface area contributed by atoms with Crippen LogP contribution in [0.2, 0.25) is 5.02 Å². The number of fused-ring (bicyclic) bond motifs is 1. The second-order valence-electron chi connectivity index (χ2n) is 7.64. The van der Waals surface area contributed by atoms with Crippen molar-refractivity contribution < 1.29 is 13.2 Å². The molecular weight excluding hydrogens is 445 g/mol. The summed E-state index contributed by atoms with van der Waals surface area (Å²) in [6.07, 6.45) is -0.0345. The highest BCUT2D eigenvalue weighted by molar-refractivity contribution is 7.10. The van der Waals surface area contributed by atoms with Crippen molar-refractivity contribution in [2.45, 2.75) is 38.4 Å². The standard InChI is InChI=1S/C22H18ClF3N4S/c1-2-17-29-19-18(14-8-7-13(10-15(14)23)22(24,25)26)27-11-28-21(19)30(17)20(12-5-6-12)16-4-3-9-31-16/h3-4,7-12,20H,2,5-6H2,1H3. The third-order valence-corrected chi connectivity index (χ3v) is 6.85. The Bertz CT molecular complexity index is 1250. The third-order valence-electron chi connectivity index (χ3n) is 5.60. The Morgan fingerprint density at radius 1 is 1.23 bits per heavy atom. The summed E-state index contributed by atoms with van der Waals surface area (Å²) >= 11 is 7.97. The molecule has 3 heterocycles. The molecule has 1 unspecified atom stereocenters. The van der Waals surface area contributed by atoms with Crippen molar-refractivity contribution in [1.82, 2.24) is 19.5 Å². The summed E-state index contributed by atoms with van der Waals surface area (Å²) in [5, 5.41) is 2.05. The molecule has 1 aliphatic rings. The average Bonchev–Trinajstić information content (AvgIpc) is 3.28. The van der Waals surface area contributed by atoms with Gasteiger partial charge < -0.3 is 4.57 Å². The molecule has 4 nitrogen and oxygen atoms in total. The van der Waals surface area contributed by atoms with Crippen molar-refractivity contribution in [1.29, 1.82) is 0 Å². The Balaban J connectivity index is 1.70. The molecule has 0 saturated heterocycles. The van der Waals surface area contributed by atoms with Gasteiger partial charge in [-0.2, -0.15) is 13.2 Å². The molecule has 9 heteroatoms. The minimum atomic E-state index is -4.46. The molecule has 0 aliphatic heterocycles. The maximum Gasteiger partial charge on any atom is 0.416 e. The Morgan fingerprint density at radius 2 is 2.03 bits per heavy atom. The summed E-state index contributed by atoms with van der Waals surface area (Å²) in [5.74, 6) is 1.40. The molecule has 1 atom stereocenters. The van der Waals surface area contributed by atoms with Gasteiger partial charge in [0.25, 0.3) is 0 Å². The van der Waals surface area contributed by atoms with Crippen molar-refractivity contribution in [2.75, 3.05) is 0 Å². The van der Waals surface area contributed by atoms with Crippen LogP contribution in [0, 0.1) is 5.92 Å². The molecular formula is C22H18ClF3N4S. The zero-order valence-corrected chi connectivity index (χ0v) is 18.1. The Hall–Kier alpha value is -2.45. The summed E-state index contributed by atoms with van der Waals surface area (Å²) in [7, 11) is 0. The number of rotatable bonds is 5. The Kier molecular flexibility index (Phi) is 5.01. The number of imidazole rings is 1. The van der Waals surface area contributed by atoms with E-state index in [0.717, 1.165) is 30.8 Å². The molecule has 160 valence electrons. The highest BCUT2D eigenvalue weighted by atomic mass is 35.5. The monoisotopic (exact) mass is 462 g/mol. The van der Waals surface area contributed by atoms with Crippen LogP contribution in [-0.2, 0) is 12.6 Å². The normalized spacial score (nSPS) is 15.5. The number of hydrogen-bond donors (Lipinski definition) is 0. The lowest BCUT2D eigenvalue weighted by molar-refractivity contribution is -0.137. The fraction of sp³-hybridized carbons (Fsp3) is 0.318. The van der Waals surface area contributed by atoms with E-state index in [4.69, 9.17) is 16.6 Å². The van der Waals surface area contributed by atoms with Crippen LogP contribution >= 0.6 is 22.9 Å². The molecule has 3 aromatic heterocycles. The maximum absolute atomic E-state index is 13.1. The van der Waals surface area contributed by atoms with E-state index in [1.165, 1.54) is 17.3 Å². The van der Waals surface area contributed by atoms with E-state index in [0.29, 0.717) is 34.8 Å². The fourth-order valence-corrected chi connectivity index (χ4v) is 5.20. The van der Waals surface area contributed by atoms with E-state index in [9.17, 15) is 13.2 Å². The van der Waals surface area contributed by atoms with Crippen LogP contribution < -0.4 is 0 Å². The second kappa shape index (κ2) is 7.60. The fourth-order valence-electron chi connectivity index (χ4n) is 4.02. The molecule has 0 spiro atoms. The van der Waals surface area contributed by atoms with Crippen LogP contribution in [0.5, 0.6) is 0 Å². The SMILES string of the molecule is CCc1nc2c(-c3ccc(C(F)(F)F)cc3Cl)ncnc2n1C(c1cccs1)C1CC1. The first kappa shape index (κ1) is 20.5. The molecule has 0 amide bonds. The van der Waals surface area contributed by atoms with Crippen LogP contribution in [0.15, 0.2) is 42.0 Å². The van der Waals surface area contributed by atoms with E-state index >= 15 is 0 Å². The van der Waals surface area contributed by atoms with Crippen molar-refractivity contribution in [2.24, 2.45) is 5.92 Å². The highest BCUT2D eigenvalue weighted by Crippen LogP contribution is 2.47. The van der Waals surface area contributed by atoms with Gasteiger partial charge in [-0.05, 0) is 42.3 Å². The number of thiophene rings is 1. The Morgan fingerprint density at radius 3 is 2.65 bits per heavy atom. The summed E-state index contributed by atoms with van der Waals surface area (Å²) in [5.41, 5.74) is 1.30. The zero-order chi connectivity index (χ0) is 21.8. The largest absolute Gasteiger partial charge is 0.416 e. The predicted octanol–water partition coefficient (Wildman–Crippen LogP) is 6.79. The van der Waals surface area contributed by atoms with Crippen LogP contribution in [0.25, 0.3) is 22.4 Å². The van der Waals surface area contributed by atoms with Crippen LogP contribution in [-0.4, -0.2) is 19.5 Å². The van der Waals surface area contributed by atoms with Gasteiger partial charge in [0, 0.05) is 16.9 Å². The van der Waals surface area contributed by atoms with Gasteiger partial charge in [0.2, 0.25) is 0 Å². The molecule has 1 saturated carbocycles. The summed E-state index contributed by atoms with van der Waals surface area (Å²) in [6, 6.07) is 7.63. The van der Waals surface area contributed by atoms with Gasteiger partial charge in [0.15, 0.2) is 5.65 Å². The van der Waals surface area contributed by atoms with E-state index in [1.54, 1.807) is 11.3 Å². The lowest BCUT2D eigenvalue weighted by Crippen LogP contribution is -2.15. The van der Waals surface area contributed by atoms with Crippen LogP contribution in [0.4, 0.5) is 13.2 Å². The first-order chi connectivity index (χ1) is 14.9. The van der Waals surface area contributed by atoms with Gasteiger partial charge in [-0.3, -0.25) is 0 Å². The summed E-state index contributed by atoms with van der Waals surface area (Å²) in [6.45, 7) is 2.04. The van der Waals surface area contributed by atoms with E-state index < -0.39 is 11.7 Å².